The zero-order chi connectivity index (χ0) is 16.4. The normalized spacial score (nSPS) is 12.1. The lowest BCUT2D eigenvalue weighted by Crippen LogP contribution is -2.30. The minimum absolute atomic E-state index is 0.247. The number of carbonyl (C=O) groups is 1. The molecule has 0 saturated heterocycles. The van der Waals surface area contributed by atoms with Gasteiger partial charge in [0, 0.05) is 12.6 Å². The Balaban J connectivity index is 2.29. The van der Waals surface area contributed by atoms with Gasteiger partial charge in [-0.3, -0.25) is 4.79 Å². The first kappa shape index (κ1) is 16.1. The van der Waals surface area contributed by atoms with E-state index in [9.17, 15) is 18.0 Å². The van der Waals surface area contributed by atoms with E-state index >= 15 is 0 Å². The van der Waals surface area contributed by atoms with Gasteiger partial charge in [0.15, 0.2) is 11.6 Å². The molecule has 116 valence electrons. The first-order chi connectivity index (χ1) is 10.3. The van der Waals surface area contributed by atoms with Crippen LogP contribution >= 0.6 is 0 Å². The molecule has 0 N–H and O–H groups in total. The number of nitrogens with zero attached hydrogens (tertiary/aromatic N) is 1. The van der Waals surface area contributed by atoms with Crippen molar-refractivity contribution in [3.05, 3.63) is 70.5 Å². The Labute approximate surface area is 127 Å². The van der Waals surface area contributed by atoms with Crippen molar-refractivity contribution in [2.24, 2.45) is 0 Å². The van der Waals surface area contributed by atoms with E-state index in [-0.39, 0.29) is 11.5 Å². The van der Waals surface area contributed by atoms with Gasteiger partial charge in [-0.1, -0.05) is 12.1 Å². The molecule has 0 aliphatic rings. The van der Waals surface area contributed by atoms with Gasteiger partial charge in [-0.15, -0.1) is 0 Å². The number of benzene rings is 2. The maximum Gasteiger partial charge on any atom is 0.254 e. The zero-order valence-corrected chi connectivity index (χ0v) is 12.5. The summed E-state index contributed by atoms with van der Waals surface area (Å²) in [5.41, 5.74) is 1.36. The lowest BCUT2D eigenvalue weighted by Gasteiger charge is -2.26. The number of halogens is 3. The highest BCUT2D eigenvalue weighted by molar-refractivity contribution is 5.95. The van der Waals surface area contributed by atoms with Crippen LogP contribution < -0.4 is 0 Å². The van der Waals surface area contributed by atoms with Gasteiger partial charge in [-0.05, 0) is 49.2 Å². The fourth-order valence-corrected chi connectivity index (χ4v) is 2.19. The monoisotopic (exact) mass is 307 g/mol. The van der Waals surface area contributed by atoms with Crippen molar-refractivity contribution in [3.63, 3.8) is 0 Å². The highest BCUT2D eigenvalue weighted by Crippen LogP contribution is 2.23. The van der Waals surface area contributed by atoms with Crippen molar-refractivity contribution in [1.82, 2.24) is 4.90 Å². The third-order valence-electron chi connectivity index (χ3n) is 3.76. The fraction of sp³-hybridized carbons (Fsp3) is 0.235. The second-order valence-corrected chi connectivity index (χ2v) is 5.22. The molecule has 0 heterocycles. The number of carbonyl (C=O) groups excluding carboxylic acids is 1. The predicted octanol–water partition coefficient (Wildman–Crippen LogP) is 4.25. The number of hydrogen-bond donors (Lipinski definition) is 0. The average Bonchev–Trinajstić information content (AvgIpc) is 2.50. The molecule has 0 radical (unpaired) electrons. The molecule has 5 heteroatoms. The third-order valence-corrected chi connectivity index (χ3v) is 3.76. The largest absolute Gasteiger partial charge is 0.335 e. The van der Waals surface area contributed by atoms with E-state index < -0.39 is 23.5 Å². The maximum atomic E-state index is 13.3. The van der Waals surface area contributed by atoms with Crippen molar-refractivity contribution < 1.29 is 18.0 Å². The molecule has 0 aliphatic carbocycles. The Morgan fingerprint density at radius 3 is 2.36 bits per heavy atom. The van der Waals surface area contributed by atoms with Crippen LogP contribution in [0.3, 0.4) is 0 Å². The van der Waals surface area contributed by atoms with Gasteiger partial charge in [0.2, 0.25) is 0 Å². The highest BCUT2D eigenvalue weighted by atomic mass is 19.2. The molecular weight excluding hydrogens is 291 g/mol. The van der Waals surface area contributed by atoms with E-state index in [0.717, 1.165) is 12.1 Å². The summed E-state index contributed by atoms with van der Waals surface area (Å²) in [5, 5.41) is 0. The highest BCUT2D eigenvalue weighted by Gasteiger charge is 2.21. The molecule has 0 saturated carbocycles. The molecule has 2 aromatic rings. The summed E-state index contributed by atoms with van der Waals surface area (Å²) in [5.74, 6) is -2.78. The van der Waals surface area contributed by atoms with Gasteiger partial charge in [0.25, 0.3) is 5.91 Å². The number of aryl methyl sites for hydroxylation is 1. The summed E-state index contributed by atoms with van der Waals surface area (Å²) in [4.78, 5) is 13.8. The van der Waals surface area contributed by atoms with Gasteiger partial charge in [0.05, 0.1) is 6.04 Å². The van der Waals surface area contributed by atoms with Crippen LogP contribution in [-0.4, -0.2) is 17.9 Å². The predicted molar refractivity (Wildman–Crippen MR) is 78.0 cm³/mol. The van der Waals surface area contributed by atoms with Crippen molar-refractivity contribution in [1.29, 1.82) is 0 Å². The minimum atomic E-state index is -0.966. The Hall–Kier alpha value is -2.30. The molecule has 0 aromatic heterocycles. The Kier molecular flexibility index (Phi) is 4.54. The first-order valence-electron chi connectivity index (χ1n) is 6.79. The smallest absolute Gasteiger partial charge is 0.254 e. The first-order valence-corrected chi connectivity index (χ1v) is 6.79. The summed E-state index contributed by atoms with van der Waals surface area (Å²) in [6.45, 7) is 3.40. The summed E-state index contributed by atoms with van der Waals surface area (Å²) >= 11 is 0. The van der Waals surface area contributed by atoms with Crippen LogP contribution in [0, 0.1) is 24.4 Å². The second kappa shape index (κ2) is 6.22. The molecule has 1 atom stereocenters. The van der Waals surface area contributed by atoms with Crippen LogP contribution in [0.15, 0.2) is 36.4 Å². The molecule has 0 aliphatic heterocycles. The topological polar surface area (TPSA) is 20.3 Å². The van der Waals surface area contributed by atoms with Gasteiger partial charge in [-0.25, -0.2) is 13.2 Å². The molecular formula is C17H16F3NO. The summed E-state index contributed by atoms with van der Waals surface area (Å²) < 4.78 is 39.6. The number of rotatable bonds is 3. The Morgan fingerprint density at radius 2 is 1.73 bits per heavy atom. The molecule has 1 unspecified atom stereocenters. The summed E-state index contributed by atoms with van der Waals surface area (Å²) in [6, 6.07) is 7.00. The van der Waals surface area contributed by atoms with Crippen LogP contribution in [0.4, 0.5) is 13.2 Å². The number of hydrogen-bond acceptors (Lipinski definition) is 1. The van der Waals surface area contributed by atoms with E-state index in [4.69, 9.17) is 0 Å². The van der Waals surface area contributed by atoms with Crippen LogP contribution in [0.2, 0.25) is 0 Å². The Bertz CT molecular complexity index is 715. The molecule has 0 bridgehead atoms. The van der Waals surface area contributed by atoms with Gasteiger partial charge < -0.3 is 4.90 Å². The van der Waals surface area contributed by atoms with Gasteiger partial charge in [0.1, 0.15) is 5.82 Å². The lowest BCUT2D eigenvalue weighted by molar-refractivity contribution is 0.0741. The van der Waals surface area contributed by atoms with Crippen LogP contribution in [0.5, 0.6) is 0 Å². The average molecular weight is 307 g/mol. The van der Waals surface area contributed by atoms with Crippen LogP contribution in [0.25, 0.3) is 0 Å². The molecule has 1 amide bonds. The molecule has 2 nitrogen and oxygen atoms in total. The SMILES string of the molecule is Cc1ccc(F)cc1C(=O)N(C)C(C)c1ccc(F)c(F)c1. The Morgan fingerprint density at radius 1 is 1.05 bits per heavy atom. The molecule has 2 aromatic carbocycles. The molecule has 0 spiro atoms. The van der Waals surface area contributed by atoms with Gasteiger partial charge >= 0.3 is 0 Å². The molecule has 2 rings (SSSR count). The van der Waals surface area contributed by atoms with Crippen molar-refractivity contribution >= 4 is 5.91 Å². The third kappa shape index (κ3) is 3.13. The fourth-order valence-electron chi connectivity index (χ4n) is 2.19. The van der Waals surface area contributed by atoms with Crippen molar-refractivity contribution in [2.45, 2.75) is 19.9 Å². The second-order valence-electron chi connectivity index (χ2n) is 5.22. The van der Waals surface area contributed by atoms with E-state index in [0.29, 0.717) is 11.1 Å². The summed E-state index contributed by atoms with van der Waals surface area (Å²) in [7, 11) is 1.54. The summed E-state index contributed by atoms with van der Waals surface area (Å²) in [6.07, 6.45) is 0. The standard InChI is InChI=1S/C17H16F3NO/c1-10-4-6-13(18)9-14(10)17(22)21(3)11(2)12-5-7-15(19)16(20)8-12/h4-9,11H,1-3H3. The van der Waals surface area contributed by atoms with E-state index in [1.807, 2.05) is 0 Å². The maximum absolute atomic E-state index is 13.3. The van der Waals surface area contributed by atoms with Crippen molar-refractivity contribution in [3.8, 4) is 0 Å². The van der Waals surface area contributed by atoms with E-state index in [2.05, 4.69) is 0 Å². The van der Waals surface area contributed by atoms with E-state index in [1.54, 1.807) is 20.9 Å². The minimum Gasteiger partial charge on any atom is -0.335 e. The van der Waals surface area contributed by atoms with Gasteiger partial charge in [-0.2, -0.15) is 0 Å². The number of amides is 1. The van der Waals surface area contributed by atoms with Crippen LogP contribution in [-0.2, 0) is 0 Å². The molecule has 0 fully saturated rings. The quantitative estimate of drug-likeness (QED) is 0.830. The van der Waals surface area contributed by atoms with Crippen LogP contribution in [0.1, 0.15) is 34.5 Å². The molecule has 22 heavy (non-hydrogen) atoms. The zero-order valence-electron chi connectivity index (χ0n) is 12.5. The lowest BCUT2D eigenvalue weighted by atomic mass is 10.0. The van der Waals surface area contributed by atoms with E-state index in [1.165, 1.54) is 29.2 Å². The van der Waals surface area contributed by atoms with Crippen molar-refractivity contribution in [2.75, 3.05) is 7.05 Å².